The Morgan fingerprint density at radius 2 is 1.71 bits per heavy atom. The highest BCUT2D eigenvalue weighted by Gasteiger charge is 2.43. The fourth-order valence-electron chi connectivity index (χ4n) is 4.11. The van der Waals surface area contributed by atoms with Crippen LogP contribution in [0.5, 0.6) is 0 Å². The normalized spacial score (nSPS) is 32.8. The highest BCUT2D eigenvalue weighted by Crippen LogP contribution is 2.38. The molecule has 2 rings (SSSR count). The number of hydrogen-bond donors (Lipinski definition) is 1. The van der Waals surface area contributed by atoms with Gasteiger partial charge in [-0.3, -0.25) is 4.79 Å². The van der Waals surface area contributed by atoms with Crippen molar-refractivity contribution in [3.05, 3.63) is 0 Å². The maximum atomic E-state index is 12.6. The SMILES string of the molecule is CN1C2CCC1CC(OC(=O)C(C)(CO)CC(C)(C)C)C2. The van der Waals surface area contributed by atoms with Gasteiger partial charge in [-0.15, -0.1) is 0 Å². The second kappa shape index (κ2) is 5.88. The van der Waals surface area contributed by atoms with E-state index in [1.807, 2.05) is 6.92 Å². The molecule has 4 heteroatoms. The summed E-state index contributed by atoms with van der Waals surface area (Å²) >= 11 is 0. The molecule has 0 spiro atoms. The van der Waals surface area contributed by atoms with Crippen LogP contribution in [0.15, 0.2) is 0 Å². The van der Waals surface area contributed by atoms with E-state index < -0.39 is 5.41 Å². The number of hydrogen-bond acceptors (Lipinski definition) is 4. The van der Waals surface area contributed by atoms with Gasteiger partial charge in [0, 0.05) is 12.1 Å². The van der Waals surface area contributed by atoms with Crippen molar-refractivity contribution in [1.82, 2.24) is 4.90 Å². The topological polar surface area (TPSA) is 49.8 Å². The lowest BCUT2D eigenvalue weighted by Gasteiger charge is -2.38. The van der Waals surface area contributed by atoms with E-state index in [1.54, 1.807) is 0 Å². The average Bonchev–Trinajstić information content (AvgIpc) is 2.60. The van der Waals surface area contributed by atoms with Crippen molar-refractivity contribution in [2.24, 2.45) is 10.8 Å². The van der Waals surface area contributed by atoms with Crippen LogP contribution in [-0.2, 0) is 9.53 Å². The summed E-state index contributed by atoms with van der Waals surface area (Å²) in [5.41, 5.74) is -0.803. The van der Waals surface area contributed by atoms with Crippen molar-refractivity contribution >= 4 is 5.97 Å². The van der Waals surface area contributed by atoms with E-state index in [0.29, 0.717) is 18.5 Å². The quantitative estimate of drug-likeness (QED) is 0.810. The summed E-state index contributed by atoms with van der Waals surface area (Å²) in [6.45, 7) is 7.94. The third-order valence-electron chi connectivity index (χ3n) is 5.09. The molecule has 0 aliphatic carbocycles. The summed E-state index contributed by atoms with van der Waals surface area (Å²) in [6, 6.07) is 1.12. The number of ether oxygens (including phenoxy) is 1. The molecule has 0 radical (unpaired) electrons. The highest BCUT2D eigenvalue weighted by atomic mass is 16.5. The third-order valence-corrected chi connectivity index (χ3v) is 5.09. The van der Waals surface area contributed by atoms with Crippen molar-refractivity contribution in [2.75, 3.05) is 13.7 Å². The van der Waals surface area contributed by atoms with E-state index in [4.69, 9.17) is 4.74 Å². The lowest BCUT2D eigenvalue weighted by Crippen LogP contribution is -2.46. The van der Waals surface area contributed by atoms with E-state index in [1.165, 1.54) is 12.8 Å². The number of nitrogens with zero attached hydrogens (tertiary/aromatic N) is 1. The predicted octanol–water partition coefficient (Wildman–Crippen LogP) is 2.59. The van der Waals surface area contributed by atoms with Crippen molar-refractivity contribution in [3.63, 3.8) is 0 Å². The van der Waals surface area contributed by atoms with Gasteiger partial charge in [0.2, 0.25) is 0 Å². The lowest BCUT2D eigenvalue weighted by atomic mass is 9.75. The number of carbonyl (C=O) groups excluding carboxylic acids is 1. The molecule has 21 heavy (non-hydrogen) atoms. The largest absolute Gasteiger partial charge is 0.462 e. The molecule has 0 aromatic carbocycles. The van der Waals surface area contributed by atoms with E-state index >= 15 is 0 Å². The van der Waals surface area contributed by atoms with E-state index in [2.05, 4.69) is 32.7 Å². The summed E-state index contributed by atoms with van der Waals surface area (Å²) in [7, 11) is 2.18. The fourth-order valence-corrected chi connectivity index (χ4v) is 4.11. The maximum Gasteiger partial charge on any atom is 0.314 e. The maximum absolute atomic E-state index is 12.6. The van der Waals surface area contributed by atoms with E-state index in [-0.39, 0.29) is 24.1 Å². The minimum absolute atomic E-state index is 0.0116. The lowest BCUT2D eigenvalue weighted by molar-refractivity contribution is -0.168. The number of rotatable bonds is 4. The van der Waals surface area contributed by atoms with Crippen LogP contribution < -0.4 is 0 Å². The van der Waals surface area contributed by atoms with Gasteiger partial charge in [-0.05, 0) is 51.5 Å². The molecule has 0 aromatic heterocycles. The van der Waals surface area contributed by atoms with Crippen molar-refractivity contribution < 1.29 is 14.6 Å². The minimum Gasteiger partial charge on any atom is -0.462 e. The second-order valence-corrected chi connectivity index (χ2v) is 8.51. The van der Waals surface area contributed by atoms with Crippen LogP contribution in [-0.4, -0.2) is 47.8 Å². The molecule has 122 valence electrons. The Balaban J connectivity index is 1.97. The molecule has 0 aromatic rings. The molecule has 2 aliphatic heterocycles. The molecule has 2 heterocycles. The van der Waals surface area contributed by atoms with Crippen LogP contribution in [0.2, 0.25) is 0 Å². The van der Waals surface area contributed by atoms with Crippen molar-refractivity contribution in [3.8, 4) is 0 Å². The summed E-state index contributed by atoms with van der Waals surface area (Å²) in [5.74, 6) is -0.228. The molecule has 0 amide bonds. The second-order valence-electron chi connectivity index (χ2n) is 8.51. The molecule has 2 saturated heterocycles. The van der Waals surface area contributed by atoms with Gasteiger partial charge in [0.15, 0.2) is 0 Å². The number of esters is 1. The van der Waals surface area contributed by atoms with E-state index in [0.717, 1.165) is 12.8 Å². The average molecular weight is 297 g/mol. The Hall–Kier alpha value is -0.610. The van der Waals surface area contributed by atoms with Gasteiger partial charge in [-0.2, -0.15) is 0 Å². The first-order chi connectivity index (χ1) is 9.64. The smallest absolute Gasteiger partial charge is 0.314 e. The molecule has 2 bridgehead atoms. The summed E-state index contributed by atoms with van der Waals surface area (Å²) in [5, 5.41) is 9.70. The van der Waals surface area contributed by atoms with Crippen LogP contribution in [0.3, 0.4) is 0 Å². The molecule has 1 N–H and O–H groups in total. The Labute approximate surface area is 128 Å². The molecule has 3 atom stereocenters. The Bertz CT molecular complexity index is 376. The van der Waals surface area contributed by atoms with Crippen molar-refractivity contribution in [2.45, 2.75) is 78.0 Å². The Kier molecular flexibility index (Phi) is 4.69. The molecule has 3 unspecified atom stereocenters. The molecular formula is C17H31NO3. The summed E-state index contributed by atoms with van der Waals surface area (Å²) in [4.78, 5) is 15.0. The molecule has 4 nitrogen and oxygen atoms in total. The summed E-state index contributed by atoms with van der Waals surface area (Å²) < 4.78 is 5.80. The van der Waals surface area contributed by atoms with Gasteiger partial charge < -0.3 is 14.7 Å². The molecule has 0 saturated carbocycles. The first-order valence-corrected chi connectivity index (χ1v) is 8.18. The van der Waals surface area contributed by atoms with Gasteiger partial charge in [-0.25, -0.2) is 0 Å². The van der Waals surface area contributed by atoms with Gasteiger partial charge in [-0.1, -0.05) is 20.8 Å². The molecule has 2 aliphatic rings. The number of aliphatic hydroxyl groups is 1. The highest BCUT2D eigenvalue weighted by molar-refractivity contribution is 5.76. The number of piperidine rings is 1. The Morgan fingerprint density at radius 1 is 1.19 bits per heavy atom. The van der Waals surface area contributed by atoms with Crippen LogP contribution >= 0.6 is 0 Å². The van der Waals surface area contributed by atoms with Gasteiger partial charge in [0.1, 0.15) is 6.10 Å². The zero-order valence-corrected chi connectivity index (χ0v) is 14.2. The first kappa shape index (κ1) is 16.8. The summed E-state index contributed by atoms with van der Waals surface area (Å²) in [6.07, 6.45) is 4.97. The third kappa shape index (κ3) is 3.78. The number of carbonyl (C=O) groups is 1. The van der Waals surface area contributed by atoms with Gasteiger partial charge in [0.05, 0.1) is 12.0 Å². The van der Waals surface area contributed by atoms with Crippen LogP contribution in [0.1, 0.15) is 59.8 Å². The minimum atomic E-state index is -0.791. The monoisotopic (exact) mass is 297 g/mol. The van der Waals surface area contributed by atoms with Crippen LogP contribution in [0.25, 0.3) is 0 Å². The Morgan fingerprint density at radius 3 is 2.14 bits per heavy atom. The molecule has 2 fully saturated rings. The van der Waals surface area contributed by atoms with Gasteiger partial charge in [0.25, 0.3) is 0 Å². The van der Waals surface area contributed by atoms with Crippen molar-refractivity contribution in [1.29, 1.82) is 0 Å². The first-order valence-electron chi connectivity index (χ1n) is 8.18. The van der Waals surface area contributed by atoms with E-state index in [9.17, 15) is 9.90 Å². The number of fused-ring (bicyclic) bond motifs is 2. The fraction of sp³-hybridized carbons (Fsp3) is 0.941. The molecular weight excluding hydrogens is 266 g/mol. The zero-order chi connectivity index (χ0) is 15.8. The van der Waals surface area contributed by atoms with Crippen LogP contribution in [0, 0.1) is 10.8 Å². The zero-order valence-electron chi connectivity index (χ0n) is 14.2. The standard InChI is InChI=1S/C17H31NO3/c1-16(2,3)10-17(4,11-19)15(20)21-14-8-12-6-7-13(9-14)18(12)5/h12-14,19H,6-11H2,1-5H3. The van der Waals surface area contributed by atoms with Crippen LogP contribution in [0.4, 0.5) is 0 Å². The van der Waals surface area contributed by atoms with Gasteiger partial charge >= 0.3 is 5.97 Å². The predicted molar refractivity (Wildman–Crippen MR) is 83.0 cm³/mol. The number of aliphatic hydroxyl groups excluding tert-OH is 1.